The summed E-state index contributed by atoms with van der Waals surface area (Å²) in [5, 5.41) is 11.0. The first-order valence-corrected chi connectivity index (χ1v) is 16.8. The Morgan fingerprint density at radius 2 is 0.939 bits per heavy atom. The zero-order valence-corrected chi connectivity index (χ0v) is 26.5. The SMILES string of the molecule is c1ccc(-n2c3ccc(-c4ccc5c(ccc6cc(-n7c8ccccc8c8ccccc87)ccc65)c4)cc3c3c4ccccc4oc32)cc1. The van der Waals surface area contributed by atoms with Gasteiger partial charge in [-0.2, -0.15) is 0 Å². The fraction of sp³-hybridized carbons (Fsp3) is 0. The lowest BCUT2D eigenvalue weighted by molar-refractivity contribution is 0.645. The molecule has 0 aliphatic rings. The molecule has 0 radical (unpaired) electrons. The Labute approximate surface area is 281 Å². The standard InChI is InChI=1S/C46H28N2O/c1-2-10-33(11-3-1)48-43-25-21-30(28-40(43)45-39-14-6-9-17-44(39)49-46(45)48)29-20-23-35-31(26-29)18-19-32-27-34(22-24-36(32)35)47-41-15-7-4-12-37(41)38-13-5-8-16-42(38)47/h1-28H. The second-order valence-electron chi connectivity index (χ2n) is 13.0. The molecule has 0 unspecified atom stereocenters. The minimum atomic E-state index is 0.879. The van der Waals surface area contributed by atoms with Crippen molar-refractivity contribution in [1.29, 1.82) is 0 Å². The number of rotatable bonds is 3. The van der Waals surface area contributed by atoms with Gasteiger partial charge in [0.2, 0.25) is 5.71 Å². The second kappa shape index (κ2) is 9.96. The van der Waals surface area contributed by atoms with Crippen molar-refractivity contribution in [3.05, 3.63) is 170 Å². The van der Waals surface area contributed by atoms with E-state index in [1.54, 1.807) is 0 Å². The lowest BCUT2D eigenvalue weighted by atomic mass is 9.96. The van der Waals surface area contributed by atoms with E-state index in [4.69, 9.17) is 4.42 Å². The second-order valence-corrected chi connectivity index (χ2v) is 13.0. The predicted octanol–water partition coefficient (Wildman–Crippen LogP) is 12.6. The summed E-state index contributed by atoms with van der Waals surface area (Å²) in [5.41, 5.74) is 10.0. The first-order valence-electron chi connectivity index (χ1n) is 16.8. The van der Waals surface area contributed by atoms with Crippen molar-refractivity contribution < 1.29 is 4.42 Å². The van der Waals surface area contributed by atoms with Gasteiger partial charge in [0.05, 0.1) is 21.9 Å². The number of aromatic nitrogens is 2. The molecule has 0 spiro atoms. The molecule has 11 aromatic rings. The Morgan fingerprint density at radius 3 is 1.71 bits per heavy atom. The van der Waals surface area contributed by atoms with Gasteiger partial charge in [-0.3, -0.25) is 4.57 Å². The van der Waals surface area contributed by atoms with E-state index >= 15 is 0 Å². The summed E-state index contributed by atoms with van der Waals surface area (Å²) in [5.74, 6) is 0. The van der Waals surface area contributed by atoms with Crippen LogP contribution >= 0.6 is 0 Å². The summed E-state index contributed by atoms with van der Waals surface area (Å²) < 4.78 is 11.1. The van der Waals surface area contributed by atoms with E-state index in [0.29, 0.717) is 0 Å². The third-order valence-electron chi connectivity index (χ3n) is 10.3. The number of fused-ring (bicyclic) bond motifs is 11. The smallest absolute Gasteiger partial charge is 0.213 e. The molecule has 0 aliphatic heterocycles. The number of nitrogens with zero attached hydrogens (tertiary/aromatic N) is 2. The van der Waals surface area contributed by atoms with Gasteiger partial charge in [-0.05, 0) is 93.3 Å². The molecular formula is C46H28N2O. The van der Waals surface area contributed by atoms with Crippen LogP contribution in [0.3, 0.4) is 0 Å². The average molecular weight is 625 g/mol. The minimum Gasteiger partial charge on any atom is -0.439 e. The minimum absolute atomic E-state index is 0.879. The Bertz CT molecular complexity index is 3050. The molecule has 3 aromatic heterocycles. The van der Waals surface area contributed by atoms with E-state index in [-0.39, 0.29) is 0 Å². The molecule has 0 saturated heterocycles. The van der Waals surface area contributed by atoms with E-state index in [2.05, 4.69) is 173 Å². The van der Waals surface area contributed by atoms with E-state index in [9.17, 15) is 0 Å². The number of para-hydroxylation sites is 4. The van der Waals surface area contributed by atoms with Crippen molar-refractivity contribution in [2.75, 3.05) is 0 Å². The third kappa shape index (κ3) is 3.78. The van der Waals surface area contributed by atoms with E-state index in [1.165, 1.54) is 65.6 Å². The molecule has 3 nitrogen and oxygen atoms in total. The summed E-state index contributed by atoms with van der Waals surface area (Å²) in [6.07, 6.45) is 0. The van der Waals surface area contributed by atoms with Crippen molar-refractivity contribution in [3.63, 3.8) is 0 Å². The van der Waals surface area contributed by atoms with Gasteiger partial charge in [0.15, 0.2) is 0 Å². The molecule has 0 bridgehead atoms. The maximum absolute atomic E-state index is 6.50. The number of furan rings is 1. The normalized spacial score (nSPS) is 12.1. The van der Waals surface area contributed by atoms with Crippen molar-refractivity contribution in [2.24, 2.45) is 0 Å². The zero-order valence-electron chi connectivity index (χ0n) is 26.5. The van der Waals surface area contributed by atoms with Crippen LogP contribution in [0.2, 0.25) is 0 Å². The van der Waals surface area contributed by atoms with Gasteiger partial charge in [-0.15, -0.1) is 0 Å². The van der Waals surface area contributed by atoms with Gasteiger partial charge in [0.25, 0.3) is 0 Å². The lowest BCUT2D eigenvalue weighted by Gasteiger charge is -2.12. The van der Waals surface area contributed by atoms with Gasteiger partial charge in [0.1, 0.15) is 5.58 Å². The van der Waals surface area contributed by atoms with E-state index < -0.39 is 0 Å². The van der Waals surface area contributed by atoms with Crippen LogP contribution in [0.4, 0.5) is 0 Å². The molecule has 0 saturated carbocycles. The highest BCUT2D eigenvalue weighted by Gasteiger charge is 2.20. The van der Waals surface area contributed by atoms with Crippen LogP contribution in [-0.2, 0) is 0 Å². The summed E-state index contributed by atoms with van der Waals surface area (Å²) in [4.78, 5) is 0. The highest BCUT2D eigenvalue weighted by Crippen LogP contribution is 2.41. The first kappa shape index (κ1) is 26.5. The summed E-state index contributed by atoms with van der Waals surface area (Å²) in [6, 6.07) is 61.3. The fourth-order valence-electron chi connectivity index (χ4n) is 8.08. The van der Waals surface area contributed by atoms with E-state index in [0.717, 1.165) is 33.3 Å². The van der Waals surface area contributed by atoms with Gasteiger partial charge in [-0.1, -0.05) is 109 Å². The van der Waals surface area contributed by atoms with E-state index in [1.807, 2.05) is 6.07 Å². The summed E-state index contributed by atoms with van der Waals surface area (Å²) in [6.45, 7) is 0. The van der Waals surface area contributed by atoms with Crippen LogP contribution in [0.5, 0.6) is 0 Å². The zero-order chi connectivity index (χ0) is 32.1. The lowest BCUT2D eigenvalue weighted by Crippen LogP contribution is -1.93. The molecule has 49 heavy (non-hydrogen) atoms. The fourth-order valence-corrected chi connectivity index (χ4v) is 8.08. The number of benzene rings is 8. The number of hydrogen-bond donors (Lipinski definition) is 0. The van der Waals surface area contributed by atoms with Crippen LogP contribution in [0.1, 0.15) is 0 Å². The number of hydrogen-bond acceptors (Lipinski definition) is 1. The third-order valence-corrected chi connectivity index (χ3v) is 10.3. The molecule has 3 heterocycles. The molecule has 8 aromatic carbocycles. The molecule has 11 rings (SSSR count). The Kier molecular flexibility index (Phi) is 5.38. The summed E-state index contributed by atoms with van der Waals surface area (Å²) in [7, 11) is 0. The predicted molar refractivity (Wildman–Crippen MR) is 205 cm³/mol. The molecule has 0 N–H and O–H groups in total. The van der Waals surface area contributed by atoms with Crippen LogP contribution in [0.25, 0.3) is 98.8 Å². The maximum Gasteiger partial charge on any atom is 0.213 e. The van der Waals surface area contributed by atoms with Crippen molar-refractivity contribution in [3.8, 4) is 22.5 Å². The quantitative estimate of drug-likeness (QED) is 0.179. The summed E-state index contributed by atoms with van der Waals surface area (Å²) >= 11 is 0. The molecular weight excluding hydrogens is 597 g/mol. The van der Waals surface area contributed by atoms with Crippen LogP contribution < -0.4 is 0 Å². The Balaban J connectivity index is 1.06. The molecule has 228 valence electrons. The molecule has 3 heteroatoms. The van der Waals surface area contributed by atoms with Crippen molar-refractivity contribution in [1.82, 2.24) is 9.13 Å². The average Bonchev–Trinajstić information content (AvgIpc) is 3.81. The van der Waals surface area contributed by atoms with Crippen LogP contribution in [-0.4, -0.2) is 9.13 Å². The Hall–Kier alpha value is -6.58. The Morgan fingerprint density at radius 1 is 0.347 bits per heavy atom. The first-order chi connectivity index (χ1) is 24.3. The van der Waals surface area contributed by atoms with Gasteiger partial charge in [0, 0.05) is 32.9 Å². The molecule has 0 atom stereocenters. The van der Waals surface area contributed by atoms with Gasteiger partial charge < -0.3 is 8.98 Å². The van der Waals surface area contributed by atoms with Gasteiger partial charge >= 0.3 is 0 Å². The molecule has 0 amide bonds. The van der Waals surface area contributed by atoms with Gasteiger partial charge in [-0.25, -0.2) is 0 Å². The highest BCUT2D eigenvalue weighted by molar-refractivity contribution is 6.20. The largest absolute Gasteiger partial charge is 0.439 e. The van der Waals surface area contributed by atoms with Crippen LogP contribution in [0, 0.1) is 0 Å². The highest BCUT2D eigenvalue weighted by atomic mass is 16.3. The monoisotopic (exact) mass is 624 g/mol. The molecule has 0 aliphatic carbocycles. The van der Waals surface area contributed by atoms with Crippen molar-refractivity contribution >= 4 is 76.3 Å². The molecule has 0 fully saturated rings. The maximum atomic E-state index is 6.50. The van der Waals surface area contributed by atoms with Crippen LogP contribution in [0.15, 0.2) is 174 Å². The topological polar surface area (TPSA) is 23.0 Å². The van der Waals surface area contributed by atoms with Crippen molar-refractivity contribution in [2.45, 2.75) is 0 Å².